The van der Waals surface area contributed by atoms with Gasteiger partial charge in [0.15, 0.2) is 0 Å². The molecule has 0 N–H and O–H groups in total. The topological polar surface area (TPSA) is 3.24 Å². The van der Waals surface area contributed by atoms with Crippen molar-refractivity contribution in [3.05, 3.63) is 198 Å². The van der Waals surface area contributed by atoms with E-state index in [9.17, 15) is 0 Å². The summed E-state index contributed by atoms with van der Waals surface area (Å²) < 4.78 is 0. The van der Waals surface area contributed by atoms with E-state index in [0.29, 0.717) is 5.92 Å². The molecule has 1 heteroatoms. The maximum atomic E-state index is 2.58. The molecule has 3 aliphatic rings. The van der Waals surface area contributed by atoms with E-state index in [-0.39, 0.29) is 10.8 Å². The molecule has 1 fully saturated rings. The summed E-state index contributed by atoms with van der Waals surface area (Å²) in [5, 5.41) is 2.74. The lowest BCUT2D eigenvalue weighted by molar-refractivity contribution is 0.445. The predicted molar refractivity (Wildman–Crippen MR) is 250 cm³/mol. The second-order valence-electron chi connectivity index (χ2n) is 18.3. The van der Waals surface area contributed by atoms with Crippen molar-refractivity contribution in [2.75, 3.05) is 4.90 Å². The highest BCUT2D eigenvalue weighted by Crippen LogP contribution is 2.56. The van der Waals surface area contributed by atoms with Gasteiger partial charge in [-0.25, -0.2) is 0 Å². The zero-order valence-corrected chi connectivity index (χ0v) is 34.7. The molecular weight excluding hydrogens is 711 g/mol. The van der Waals surface area contributed by atoms with Crippen LogP contribution in [-0.4, -0.2) is 0 Å². The van der Waals surface area contributed by atoms with Crippen molar-refractivity contribution in [1.82, 2.24) is 0 Å². The van der Waals surface area contributed by atoms with Crippen molar-refractivity contribution in [3.63, 3.8) is 0 Å². The molecule has 1 nitrogen and oxygen atoms in total. The molecule has 0 amide bonds. The van der Waals surface area contributed by atoms with Gasteiger partial charge < -0.3 is 4.90 Å². The second kappa shape index (κ2) is 13.7. The maximum absolute atomic E-state index is 2.58. The first-order valence-electron chi connectivity index (χ1n) is 21.8. The van der Waals surface area contributed by atoms with Gasteiger partial charge in [0.1, 0.15) is 0 Å². The van der Waals surface area contributed by atoms with E-state index in [0.717, 1.165) is 5.69 Å². The number of hydrogen-bond donors (Lipinski definition) is 0. The quantitative estimate of drug-likeness (QED) is 0.163. The monoisotopic (exact) mass is 761 g/mol. The lowest BCUT2D eigenvalue weighted by atomic mass is 9.79. The average Bonchev–Trinajstić information content (AvgIpc) is 3.67. The van der Waals surface area contributed by atoms with Gasteiger partial charge in [0.2, 0.25) is 0 Å². The summed E-state index contributed by atoms with van der Waals surface area (Å²) in [5.41, 5.74) is 20.9. The Hall–Kier alpha value is -6.18. The van der Waals surface area contributed by atoms with E-state index >= 15 is 0 Å². The molecule has 0 spiro atoms. The van der Waals surface area contributed by atoms with Gasteiger partial charge in [0.05, 0.1) is 11.4 Å². The number of rotatable bonds is 6. The van der Waals surface area contributed by atoms with Gasteiger partial charge >= 0.3 is 0 Å². The first-order chi connectivity index (χ1) is 28.8. The zero-order valence-electron chi connectivity index (χ0n) is 34.7. The van der Waals surface area contributed by atoms with Crippen LogP contribution in [-0.2, 0) is 10.8 Å². The molecule has 3 aliphatic carbocycles. The standard InChI is InChI=1S/C58H51N/c1-57(2)50-33-12-9-27-48(50)55-51(57)34-18-36-53(55)59(41-24-14-23-40(37-41)43-29-17-31-47-44-25-8-11-32-49(44)58(3,4)56(43)47)52-35-13-10-26-45(52)46-30-16-22-39-21-15-28-42(54(39)46)38-19-6-5-7-20-38/h8-18,21-38H,5-7,19-20H2,1-4H3. The smallest absolute Gasteiger partial charge is 0.0543 e. The molecule has 0 saturated heterocycles. The lowest BCUT2D eigenvalue weighted by Crippen LogP contribution is -2.17. The second-order valence-corrected chi connectivity index (χ2v) is 18.3. The Labute approximate surface area is 350 Å². The van der Waals surface area contributed by atoms with Crippen LogP contribution in [0, 0.1) is 0 Å². The minimum Gasteiger partial charge on any atom is -0.309 e. The molecule has 8 aromatic rings. The van der Waals surface area contributed by atoms with Crippen molar-refractivity contribution in [3.8, 4) is 44.5 Å². The minimum atomic E-state index is -0.120. The fraction of sp³-hybridized carbons (Fsp3) is 0.207. The Morgan fingerprint density at radius 2 is 1.02 bits per heavy atom. The van der Waals surface area contributed by atoms with Gasteiger partial charge in [-0.2, -0.15) is 0 Å². The molecule has 0 atom stereocenters. The third kappa shape index (κ3) is 5.51. The molecule has 0 heterocycles. The van der Waals surface area contributed by atoms with E-state index < -0.39 is 0 Å². The largest absolute Gasteiger partial charge is 0.309 e. The van der Waals surface area contributed by atoms with Crippen molar-refractivity contribution in [1.29, 1.82) is 0 Å². The number of benzene rings is 8. The Morgan fingerprint density at radius 3 is 1.83 bits per heavy atom. The summed E-state index contributed by atoms with van der Waals surface area (Å²) in [4.78, 5) is 2.58. The van der Waals surface area contributed by atoms with Crippen molar-refractivity contribution >= 4 is 27.8 Å². The molecule has 288 valence electrons. The normalized spacial score (nSPS) is 16.0. The summed E-state index contributed by atoms with van der Waals surface area (Å²) in [5.74, 6) is 0.590. The molecular formula is C58H51N. The van der Waals surface area contributed by atoms with Crippen LogP contribution in [0.1, 0.15) is 93.5 Å². The van der Waals surface area contributed by atoms with Crippen LogP contribution in [0.5, 0.6) is 0 Å². The highest BCUT2D eigenvalue weighted by Gasteiger charge is 2.39. The van der Waals surface area contributed by atoms with Gasteiger partial charge in [0, 0.05) is 27.6 Å². The minimum absolute atomic E-state index is 0.120. The summed E-state index contributed by atoms with van der Waals surface area (Å²) in [7, 11) is 0. The van der Waals surface area contributed by atoms with Gasteiger partial charge in [-0.3, -0.25) is 0 Å². The van der Waals surface area contributed by atoms with Gasteiger partial charge in [-0.15, -0.1) is 0 Å². The first kappa shape index (κ1) is 35.9. The Kier molecular flexibility index (Phi) is 8.35. The number of anilines is 3. The molecule has 0 unspecified atom stereocenters. The fourth-order valence-electron chi connectivity index (χ4n) is 11.5. The molecule has 59 heavy (non-hydrogen) atoms. The van der Waals surface area contributed by atoms with Crippen LogP contribution in [0.2, 0.25) is 0 Å². The predicted octanol–water partition coefficient (Wildman–Crippen LogP) is 16.3. The van der Waals surface area contributed by atoms with E-state index in [2.05, 4.69) is 202 Å². The third-order valence-corrected chi connectivity index (χ3v) is 14.2. The third-order valence-electron chi connectivity index (χ3n) is 14.2. The number of fused-ring (bicyclic) bond motifs is 7. The van der Waals surface area contributed by atoms with Crippen LogP contribution >= 0.6 is 0 Å². The van der Waals surface area contributed by atoms with E-state index in [1.165, 1.54) is 127 Å². The molecule has 1 saturated carbocycles. The van der Waals surface area contributed by atoms with E-state index in [1.807, 2.05) is 0 Å². The first-order valence-corrected chi connectivity index (χ1v) is 21.8. The Morgan fingerprint density at radius 1 is 0.441 bits per heavy atom. The summed E-state index contributed by atoms with van der Waals surface area (Å²) in [6.45, 7) is 9.57. The maximum Gasteiger partial charge on any atom is 0.0543 e. The highest BCUT2D eigenvalue weighted by atomic mass is 15.1. The summed E-state index contributed by atoms with van der Waals surface area (Å²) in [6, 6.07) is 64.5. The van der Waals surface area contributed by atoms with Crippen LogP contribution in [0.25, 0.3) is 55.3 Å². The number of hydrogen-bond acceptors (Lipinski definition) is 1. The molecule has 8 aromatic carbocycles. The molecule has 0 radical (unpaired) electrons. The van der Waals surface area contributed by atoms with Crippen LogP contribution in [0.15, 0.2) is 170 Å². The lowest BCUT2D eigenvalue weighted by Gasteiger charge is -2.32. The van der Waals surface area contributed by atoms with Gasteiger partial charge in [0.25, 0.3) is 0 Å². The summed E-state index contributed by atoms with van der Waals surface area (Å²) in [6.07, 6.45) is 6.51. The molecule has 0 aliphatic heterocycles. The van der Waals surface area contributed by atoms with Crippen molar-refractivity contribution in [2.45, 2.75) is 76.5 Å². The van der Waals surface area contributed by atoms with Crippen LogP contribution in [0.3, 0.4) is 0 Å². The molecule has 0 aromatic heterocycles. The van der Waals surface area contributed by atoms with Gasteiger partial charge in [-0.1, -0.05) is 193 Å². The average molecular weight is 762 g/mol. The van der Waals surface area contributed by atoms with Gasteiger partial charge in [-0.05, 0) is 115 Å². The van der Waals surface area contributed by atoms with E-state index in [1.54, 1.807) is 0 Å². The number of para-hydroxylation sites is 1. The van der Waals surface area contributed by atoms with Crippen LogP contribution < -0.4 is 4.90 Å². The Bertz CT molecular complexity index is 2930. The highest BCUT2D eigenvalue weighted by molar-refractivity contribution is 6.05. The zero-order chi connectivity index (χ0) is 39.9. The van der Waals surface area contributed by atoms with Crippen LogP contribution in [0.4, 0.5) is 17.1 Å². The molecule has 0 bridgehead atoms. The molecule has 11 rings (SSSR count). The fourth-order valence-corrected chi connectivity index (χ4v) is 11.5. The van der Waals surface area contributed by atoms with Crippen molar-refractivity contribution < 1.29 is 0 Å². The number of nitrogens with zero attached hydrogens (tertiary/aromatic N) is 1. The summed E-state index contributed by atoms with van der Waals surface area (Å²) >= 11 is 0. The SMILES string of the molecule is CC1(C)c2ccccc2-c2c(N(c3cccc(-c4cccc5c4C(C)(C)c4ccccc4-5)c3)c3ccccc3-c3cccc4cccc(C5CCCCC5)c34)cccc21. The van der Waals surface area contributed by atoms with Crippen molar-refractivity contribution in [2.24, 2.45) is 0 Å². The Balaban J connectivity index is 1.17. The van der Waals surface area contributed by atoms with E-state index in [4.69, 9.17) is 0 Å².